The zero-order valence-electron chi connectivity index (χ0n) is 22.7. The van der Waals surface area contributed by atoms with Crippen molar-refractivity contribution >= 4 is 17.6 Å². The molecule has 0 saturated heterocycles. The maximum atomic E-state index is 13.2. The summed E-state index contributed by atoms with van der Waals surface area (Å²) >= 11 is 0. The lowest BCUT2D eigenvalue weighted by atomic mass is 9.84. The standard InChI is InChI=1S/C30H40N4O2/c1-21(2)33(29(36)17-23(4)19-30(5,6)7)20-28(35)31-27-18-26(24-11-9-8-10-12-24)32-34(27)25-15-13-22(3)14-16-25/h8-16,18,21,23H,17,19-20H2,1-7H3,(H,31,35). The molecule has 0 aliphatic rings. The van der Waals surface area contributed by atoms with Crippen molar-refractivity contribution in [3.05, 3.63) is 66.2 Å². The van der Waals surface area contributed by atoms with Crippen LogP contribution in [0.3, 0.4) is 0 Å². The molecule has 2 amide bonds. The molecule has 1 aromatic heterocycles. The van der Waals surface area contributed by atoms with Crippen LogP contribution in [0.15, 0.2) is 60.7 Å². The molecule has 1 heterocycles. The maximum absolute atomic E-state index is 13.2. The van der Waals surface area contributed by atoms with Gasteiger partial charge in [0, 0.05) is 24.1 Å². The average molecular weight is 489 g/mol. The van der Waals surface area contributed by atoms with Crippen LogP contribution in [-0.2, 0) is 9.59 Å². The number of hydrogen-bond donors (Lipinski definition) is 1. The fourth-order valence-corrected chi connectivity index (χ4v) is 4.53. The van der Waals surface area contributed by atoms with Crippen LogP contribution in [0.4, 0.5) is 5.82 Å². The van der Waals surface area contributed by atoms with E-state index >= 15 is 0 Å². The third-order valence-electron chi connectivity index (χ3n) is 6.07. The fourth-order valence-electron chi connectivity index (χ4n) is 4.53. The van der Waals surface area contributed by atoms with Gasteiger partial charge >= 0.3 is 0 Å². The van der Waals surface area contributed by atoms with Crippen LogP contribution in [0, 0.1) is 18.3 Å². The molecule has 6 nitrogen and oxygen atoms in total. The van der Waals surface area contributed by atoms with Crippen LogP contribution in [0.2, 0.25) is 0 Å². The Balaban J connectivity index is 1.81. The maximum Gasteiger partial charge on any atom is 0.245 e. The molecule has 192 valence electrons. The Bertz CT molecular complexity index is 1160. The van der Waals surface area contributed by atoms with Gasteiger partial charge in [-0.2, -0.15) is 5.10 Å². The Kier molecular flexibility index (Phi) is 8.72. The number of carbonyl (C=O) groups excluding carboxylic acids is 2. The van der Waals surface area contributed by atoms with Gasteiger partial charge in [-0.1, -0.05) is 75.7 Å². The Hall–Kier alpha value is -3.41. The molecule has 36 heavy (non-hydrogen) atoms. The monoisotopic (exact) mass is 488 g/mol. The predicted molar refractivity (Wildman–Crippen MR) is 147 cm³/mol. The van der Waals surface area contributed by atoms with Crippen molar-refractivity contribution in [2.75, 3.05) is 11.9 Å². The number of nitrogens with one attached hydrogen (secondary N) is 1. The molecular weight excluding hydrogens is 448 g/mol. The number of hydrogen-bond acceptors (Lipinski definition) is 3. The topological polar surface area (TPSA) is 67.2 Å². The van der Waals surface area contributed by atoms with Gasteiger partial charge < -0.3 is 10.2 Å². The van der Waals surface area contributed by atoms with Crippen molar-refractivity contribution in [1.29, 1.82) is 0 Å². The van der Waals surface area contributed by atoms with E-state index in [2.05, 4.69) is 33.0 Å². The minimum absolute atomic E-state index is 0.00150. The molecule has 1 unspecified atom stereocenters. The van der Waals surface area contributed by atoms with Crippen LogP contribution in [0.1, 0.15) is 59.9 Å². The first-order valence-electron chi connectivity index (χ1n) is 12.7. The Morgan fingerprint density at radius 2 is 1.64 bits per heavy atom. The summed E-state index contributed by atoms with van der Waals surface area (Å²) in [6.45, 7) is 14.6. The minimum Gasteiger partial charge on any atom is -0.331 e. The van der Waals surface area contributed by atoms with Gasteiger partial charge in [-0.25, -0.2) is 4.68 Å². The zero-order valence-corrected chi connectivity index (χ0v) is 22.7. The van der Waals surface area contributed by atoms with E-state index < -0.39 is 0 Å². The van der Waals surface area contributed by atoms with E-state index in [4.69, 9.17) is 5.10 Å². The second kappa shape index (κ2) is 11.5. The third-order valence-corrected chi connectivity index (χ3v) is 6.07. The van der Waals surface area contributed by atoms with Gasteiger partial charge in [0.1, 0.15) is 12.4 Å². The number of aryl methyl sites for hydroxylation is 1. The molecule has 1 atom stereocenters. The van der Waals surface area contributed by atoms with E-state index in [9.17, 15) is 9.59 Å². The Morgan fingerprint density at radius 3 is 2.22 bits per heavy atom. The summed E-state index contributed by atoms with van der Waals surface area (Å²) in [6, 6.07) is 19.7. The molecule has 0 aliphatic heterocycles. The van der Waals surface area contributed by atoms with Gasteiger partial charge in [0.15, 0.2) is 0 Å². The van der Waals surface area contributed by atoms with Crippen molar-refractivity contribution in [2.45, 2.75) is 67.3 Å². The molecule has 0 saturated carbocycles. The van der Waals surface area contributed by atoms with E-state index in [1.54, 1.807) is 9.58 Å². The van der Waals surface area contributed by atoms with Crippen molar-refractivity contribution in [3.63, 3.8) is 0 Å². The van der Waals surface area contributed by atoms with Crippen LogP contribution in [0.5, 0.6) is 0 Å². The summed E-state index contributed by atoms with van der Waals surface area (Å²) in [5.74, 6) is 0.584. The summed E-state index contributed by atoms with van der Waals surface area (Å²) in [5, 5.41) is 7.79. The van der Waals surface area contributed by atoms with Gasteiger partial charge in [0.05, 0.1) is 11.4 Å². The van der Waals surface area contributed by atoms with Crippen molar-refractivity contribution in [1.82, 2.24) is 14.7 Å². The van der Waals surface area contributed by atoms with Gasteiger partial charge in [-0.05, 0) is 50.7 Å². The quantitative estimate of drug-likeness (QED) is 0.374. The third kappa shape index (κ3) is 7.54. The number of anilines is 1. The van der Waals surface area contributed by atoms with Crippen LogP contribution in [0.25, 0.3) is 16.9 Å². The van der Waals surface area contributed by atoms with Gasteiger partial charge in [-0.15, -0.1) is 0 Å². The lowest BCUT2D eigenvalue weighted by Gasteiger charge is -2.29. The molecule has 0 spiro atoms. The smallest absolute Gasteiger partial charge is 0.245 e. The number of aromatic nitrogens is 2. The SMILES string of the molecule is Cc1ccc(-n2nc(-c3ccccc3)cc2NC(=O)CN(C(=O)CC(C)CC(C)(C)C)C(C)C)cc1. The molecule has 1 N–H and O–H groups in total. The second-order valence-electron chi connectivity index (χ2n) is 11.3. The highest BCUT2D eigenvalue weighted by Gasteiger charge is 2.25. The van der Waals surface area contributed by atoms with E-state index in [0.717, 1.165) is 28.9 Å². The fraction of sp³-hybridized carbons (Fsp3) is 0.433. The van der Waals surface area contributed by atoms with Gasteiger partial charge in [0.2, 0.25) is 11.8 Å². The first-order chi connectivity index (χ1) is 16.9. The highest BCUT2D eigenvalue weighted by molar-refractivity contribution is 5.94. The van der Waals surface area contributed by atoms with Gasteiger partial charge in [0.25, 0.3) is 0 Å². The molecule has 3 aromatic rings. The van der Waals surface area contributed by atoms with E-state index in [0.29, 0.717) is 12.2 Å². The minimum atomic E-state index is -0.242. The Labute approximate surface area is 215 Å². The molecule has 0 bridgehead atoms. The molecule has 2 aromatic carbocycles. The van der Waals surface area contributed by atoms with Crippen molar-refractivity contribution < 1.29 is 9.59 Å². The molecule has 3 rings (SSSR count). The summed E-state index contributed by atoms with van der Waals surface area (Å²) < 4.78 is 1.74. The molecule has 6 heteroatoms. The highest BCUT2D eigenvalue weighted by Crippen LogP contribution is 2.27. The highest BCUT2D eigenvalue weighted by atomic mass is 16.2. The first kappa shape index (κ1) is 27.2. The van der Waals surface area contributed by atoms with E-state index in [1.165, 1.54) is 0 Å². The lowest BCUT2D eigenvalue weighted by molar-refractivity contribution is -0.137. The lowest BCUT2D eigenvalue weighted by Crippen LogP contribution is -2.43. The largest absolute Gasteiger partial charge is 0.331 e. The summed E-state index contributed by atoms with van der Waals surface area (Å²) in [5.41, 5.74) is 3.88. The van der Waals surface area contributed by atoms with Crippen LogP contribution in [-0.4, -0.2) is 39.1 Å². The van der Waals surface area contributed by atoms with E-state index in [1.807, 2.05) is 81.4 Å². The second-order valence-corrected chi connectivity index (χ2v) is 11.3. The first-order valence-corrected chi connectivity index (χ1v) is 12.7. The molecular formula is C30H40N4O2. The Morgan fingerprint density at radius 1 is 1.00 bits per heavy atom. The number of benzene rings is 2. The van der Waals surface area contributed by atoms with Crippen molar-refractivity contribution in [3.8, 4) is 16.9 Å². The van der Waals surface area contributed by atoms with Crippen molar-refractivity contribution in [2.24, 2.45) is 11.3 Å². The van der Waals surface area contributed by atoms with E-state index in [-0.39, 0.29) is 35.7 Å². The number of amides is 2. The number of carbonyl (C=O) groups is 2. The van der Waals surface area contributed by atoms with Crippen LogP contribution >= 0.6 is 0 Å². The number of nitrogens with zero attached hydrogens (tertiary/aromatic N) is 3. The summed E-state index contributed by atoms with van der Waals surface area (Å²) in [7, 11) is 0. The number of rotatable bonds is 9. The molecule has 0 radical (unpaired) electrons. The summed E-state index contributed by atoms with van der Waals surface area (Å²) in [4.78, 5) is 28.0. The summed E-state index contributed by atoms with van der Waals surface area (Å²) in [6.07, 6.45) is 1.39. The molecule has 0 aliphatic carbocycles. The average Bonchev–Trinajstić information content (AvgIpc) is 3.20. The van der Waals surface area contributed by atoms with Crippen LogP contribution < -0.4 is 5.32 Å². The predicted octanol–water partition coefficient (Wildman–Crippen LogP) is 6.49. The van der Waals surface area contributed by atoms with Gasteiger partial charge in [-0.3, -0.25) is 9.59 Å². The molecule has 0 fully saturated rings. The normalized spacial score (nSPS) is 12.4. The zero-order chi connectivity index (χ0) is 26.5.